The first-order chi connectivity index (χ1) is 12.5. The molecule has 0 aliphatic rings. The van der Waals surface area contributed by atoms with E-state index in [1.54, 1.807) is 17.0 Å². The molecule has 4 nitrogen and oxygen atoms in total. The molecular weight excluding hydrogens is 331 g/mol. The molecule has 0 unspecified atom stereocenters. The molecule has 1 amide bonds. The Hall–Kier alpha value is -2.95. The van der Waals surface area contributed by atoms with Gasteiger partial charge in [-0.1, -0.05) is 12.1 Å². The Morgan fingerprint density at radius 1 is 1.15 bits per heavy atom. The number of carbonyl (C=O) groups is 1. The average Bonchev–Trinajstić information content (AvgIpc) is 2.60. The fraction of sp³-hybridized carbons (Fsp3) is 0.238. The lowest BCUT2D eigenvalue weighted by molar-refractivity contribution is -0.118. The Labute approximate surface area is 151 Å². The van der Waals surface area contributed by atoms with Crippen molar-refractivity contribution in [3.63, 3.8) is 0 Å². The van der Waals surface area contributed by atoms with E-state index in [4.69, 9.17) is 0 Å². The van der Waals surface area contributed by atoms with Crippen molar-refractivity contribution in [3.8, 4) is 0 Å². The van der Waals surface area contributed by atoms with E-state index in [1.807, 2.05) is 38.1 Å². The molecular formula is C21H21FN2O2. The standard InChI is InChI=1S/C21H21FN2O2/c1-3-24(18-6-4-5-14(2)11-18)20(25)10-8-16-12-15-7-9-17(22)13-19(15)23-21(16)26/h4-7,9,11-13H,3,8,10H2,1-2H3,(H,23,26). The fourth-order valence-electron chi connectivity index (χ4n) is 3.08. The molecule has 0 radical (unpaired) electrons. The zero-order valence-corrected chi connectivity index (χ0v) is 14.9. The third-order valence-electron chi connectivity index (χ3n) is 4.42. The number of aromatic amines is 1. The summed E-state index contributed by atoms with van der Waals surface area (Å²) < 4.78 is 13.3. The van der Waals surface area contributed by atoms with Crippen LogP contribution in [0.2, 0.25) is 0 Å². The molecule has 0 bridgehead atoms. The minimum atomic E-state index is -0.396. The molecule has 134 valence electrons. The lowest BCUT2D eigenvalue weighted by Gasteiger charge is -2.21. The van der Waals surface area contributed by atoms with Gasteiger partial charge in [-0.15, -0.1) is 0 Å². The molecule has 2 aromatic carbocycles. The molecule has 0 spiro atoms. The highest BCUT2D eigenvalue weighted by molar-refractivity contribution is 5.93. The Bertz CT molecular complexity index is 1010. The zero-order valence-electron chi connectivity index (χ0n) is 14.9. The molecule has 0 atom stereocenters. The fourth-order valence-corrected chi connectivity index (χ4v) is 3.08. The number of anilines is 1. The van der Waals surface area contributed by atoms with Crippen molar-refractivity contribution in [2.75, 3.05) is 11.4 Å². The predicted octanol–water partition coefficient (Wildman–Crippen LogP) is 3.96. The van der Waals surface area contributed by atoms with Gasteiger partial charge in [0.25, 0.3) is 5.56 Å². The monoisotopic (exact) mass is 352 g/mol. The normalized spacial score (nSPS) is 10.9. The summed E-state index contributed by atoms with van der Waals surface area (Å²) in [5, 5.41) is 0.750. The molecule has 0 fully saturated rings. The van der Waals surface area contributed by atoms with E-state index in [0.29, 0.717) is 24.0 Å². The van der Waals surface area contributed by atoms with E-state index < -0.39 is 5.82 Å². The van der Waals surface area contributed by atoms with Crippen molar-refractivity contribution in [1.82, 2.24) is 4.98 Å². The van der Waals surface area contributed by atoms with E-state index in [2.05, 4.69) is 4.98 Å². The second-order valence-electron chi connectivity index (χ2n) is 6.33. The second-order valence-corrected chi connectivity index (χ2v) is 6.33. The van der Waals surface area contributed by atoms with Crippen LogP contribution in [0.25, 0.3) is 10.9 Å². The number of benzene rings is 2. The molecule has 1 N–H and O–H groups in total. The topological polar surface area (TPSA) is 53.2 Å². The zero-order chi connectivity index (χ0) is 18.7. The number of H-pyrrole nitrogens is 1. The Kier molecular flexibility index (Phi) is 5.16. The van der Waals surface area contributed by atoms with Crippen LogP contribution in [0.3, 0.4) is 0 Å². The van der Waals surface area contributed by atoms with Gasteiger partial charge in [0.1, 0.15) is 5.82 Å². The van der Waals surface area contributed by atoms with Crippen LogP contribution >= 0.6 is 0 Å². The van der Waals surface area contributed by atoms with Crippen molar-refractivity contribution in [2.45, 2.75) is 26.7 Å². The number of halogens is 1. The van der Waals surface area contributed by atoms with Gasteiger partial charge in [0, 0.05) is 24.2 Å². The Balaban J connectivity index is 1.78. The summed E-state index contributed by atoms with van der Waals surface area (Å²) >= 11 is 0. The largest absolute Gasteiger partial charge is 0.322 e. The summed E-state index contributed by atoms with van der Waals surface area (Å²) in [5.74, 6) is -0.426. The minimum absolute atomic E-state index is 0.0308. The quantitative estimate of drug-likeness (QED) is 0.756. The highest BCUT2D eigenvalue weighted by Crippen LogP contribution is 2.18. The van der Waals surface area contributed by atoms with Gasteiger partial charge in [-0.05, 0) is 67.6 Å². The molecule has 0 saturated heterocycles. The summed E-state index contributed by atoms with van der Waals surface area (Å²) in [6.07, 6.45) is 0.571. The number of aromatic nitrogens is 1. The van der Waals surface area contributed by atoms with Crippen LogP contribution in [0.1, 0.15) is 24.5 Å². The first-order valence-electron chi connectivity index (χ1n) is 8.66. The van der Waals surface area contributed by atoms with Gasteiger partial charge in [0.05, 0.1) is 5.52 Å². The molecule has 26 heavy (non-hydrogen) atoms. The van der Waals surface area contributed by atoms with Crippen LogP contribution < -0.4 is 10.5 Å². The van der Waals surface area contributed by atoms with Crippen molar-refractivity contribution >= 4 is 22.5 Å². The van der Waals surface area contributed by atoms with Crippen molar-refractivity contribution in [3.05, 3.63) is 75.8 Å². The number of fused-ring (bicyclic) bond motifs is 1. The maximum Gasteiger partial charge on any atom is 0.251 e. The van der Waals surface area contributed by atoms with E-state index in [9.17, 15) is 14.0 Å². The van der Waals surface area contributed by atoms with Gasteiger partial charge < -0.3 is 9.88 Å². The van der Waals surface area contributed by atoms with E-state index in [1.165, 1.54) is 12.1 Å². The van der Waals surface area contributed by atoms with Gasteiger partial charge in [-0.3, -0.25) is 9.59 Å². The van der Waals surface area contributed by atoms with Crippen molar-refractivity contribution < 1.29 is 9.18 Å². The number of hydrogen-bond acceptors (Lipinski definition) is 2. The SMILES string of the molecule is CCN(C(=O)CCc1cc2ccc(F)cc2[nH]c1=O)c1cccc(C)c1. The summed E-state index contributed by atoms with van der Waals surface area (Å²) in [7, 11) is 0. The van der Waals surface area contributed by atoms with Crippen molar-refractivity contribution in [2.24, 2.45) is 0 Å². The molecule has 0 aliphatic heterocycles. The number of nitrogens with one attached hydrogen (secondary N) is 1. The van der Waals surface area contributed by atoms with E-state index in [-0.39, 0.29) is 17.9 Å². The Morgan fingerprint density at radius 2 is 1.96 bits per heavy atom. The van der Waals surface area contributed by atoms with Gasteiger partial charge in [0.2, 0.25) is 5.91 Å². The molecule has 1 aromatic heterocycles. The summed E-state index contributed by atoms with van der Waals surface area (Å²) in [6.45, 7) is 4.48. The smallest absolute Gasteiger partial charge is 0.251 e. The first kappa shape index (κ1) is 17.9. The Morgan fingerprint density at radius 3 is 2.69 bits per heavy atom. The van der Waals surface area contributed by atoms with E-state index >= 15 is 0 Å². The van der Waals surface area contributed by atoms with Crippen molar-refractivity contribution in [1.29, 1.82) is 0 Å². The first-order valence-corrected chi connectivity index (χ1v) is 8.66. The molecule has 5 heteroatoms. The summed E-state index contributed by atoms with van der Waals surface area (Å²) in [5.41, 5.74) is 2.65. The molecule has 1 heterocycles. The number of pyridine rings is 1. The lowest BCUT2D eigenvalue weighted by Crippen LogP contribution is -2.31. The number of nitrogens with zero attached hydrogens (tertiary/aromatic N) is 1. The predicted molar refractivity (Wildman–Crippen MR) is 102 cm³/mol. The van der Waals surface area contributed by atoms with Crippen LogP contribution in [-0.2, 0) is 11.2 Å². The second kappa shape index (κ2) is 7.52. The number of amides is 1. The van der Waals surface area contributed by atoms with Gasteiger partial charge in [-0.25, -0.2) is 4.39 Å². The van der Waals surface area contributed by atoms with Crippen LogP contribution in [0.15, 0.2) is 53.3 Å². The van der Waals surface area contributed by atoms with Crippen LogP contribution in [0.5, 0.6) is 0 Å². The lowest BCUT2D eigenvalue weighted by atomic mass is 10.1. The number of aryl methyl sites for hydroxylation is 2. The number of hydrogen-bond donors (Lipinski definition) is 1. The van der Waals surface area contributed by atoms with Crippen LogP contribution in [0, 0.1) is 12.7 Å². The third kappa shape index (κ3) is 3.82. The van der Waals surface area contributed by atoms with Gasteiger partial charge in [-0.2, -0.15) is 0 Å². The van der Waals surface area contributed by atoms with Gasteiger partial charge >= 0.3 is 0 Å². The molecule has 3 rings (SSSR count). The number of carbonyl (C=O) groups excluding carboxylic acids is 1. The molecule has 0 aliphatic carbocycles. The average molecular weight is 352 g/mol. The maximum absolute atomic E-state index is 13.3. The third-order valence-corrected chi connectivity index (χ3v) is 4.42. The molecule has 0 saturated carbocycles. The molecule has 3 aromatic rings. The number of rotatable bonds is 5. The van der Waals surface area contributed by atoms with Gasteiger partial charge in [0.15, 0.2) is 0 Å². The highest BCUT2D eigenvalue weighted by Gasteiger charge is 2.15. The highest BCUT2D eigenvalue weighted by atomic mass is 19.1. The van der Waals surface area contributed by atoms with E-state index in [0.717, 1.165) is 16.6 Å². The summed E-state index contributed by atoms with van der Waals surface area (Å²) in [6, 6.07) is 13.8. The van der Waals surface area contributed by atoms with Crippen LogP contribution in [0.4, 0.5) is 10.1 Å². The minimum Gasteiger partial charge on any atom is -0.322 e. The van der Waals surface area contributed by atoms with Crippen LogP contribution in [-0.4, -0.2) is 17.4 Å². The maximum atomic E-state index is 13.3. The summed E-state index contributed by atoms with van der Waals surface area (Å²) in [4.78, 5) is 29.3.